The molecule has 2 fully saturated rings. The highest BCUT2D eigenvalue weighted by atomic mass is 19.1. The first-order chi connectivity index (χ1) is 27.2. The summed E-state index contributed by atoms with van der Waals surface area (Å²) in [4.78, 5) is 14.7. The standard InChI is InChI=1S/C37H57N3O4.C9H13F.C2H6/c1-3-16-30(39-34(29-20-21-29)19-12-10-8-6-5-7-9-11-13-25-38-24-4-2)17-14-26-40-36(33(37(40)44)18-15-27-41)32-23-22-31(42)28-35(32)43;1-4-5-8(2)6-7-9(3)10;1-2/h3,14,16-17,22-23,26,28,33,36,38-39,41-43H,4-13,15,18-21,24-25,27H2,1-2H3;5-7H,3-4H2,1-2H3;1-2H3/b16-3-,26-14+,30-17+;7-6-,8-5?;. The summed E-state index contributed by atoms with van der Waals surface area (Å²) < 4.78 is 12.0. The smallest absolute Gasteiger partial charge is 0.232 e. The average molecular weight is 778 g/mol. The van der Waals surface area contributed by atoms with E-state index >= 15 is 0 Å². The van der Waals surface area contributed by atoms with Gasteiger partial charge < -0.3 is 30.9 Å². The van der Waals surface area contributed by atoms with Crippen molar-refractivity contribution in [1.82, 2.24) is 15.5 Å². The van der Waals surface area contributed by atoms with Crippen molar-refractivity contribution in [2.45, 2.75) is 150 Å². The molecule has 2 unspecified atom stereocenters. The van der Waals surface area contributed by atoms with Crippen molar-refractivity contribution in [1.29, 1.82) is 0 Å². The van der Waals surface area contributed by atoms with Crippen LogP contribution in [-0.4, -0.2) is 45.8 Å². The van der Waals surface area contributed by atoms with Crippen LogP contribution in [0.1, 0.15) is 156 Å². The van der Waals surface area contributed by atoms with Crippen LogP contribution in [0.4, 0.5) is 4.39 Å². The van der Waals surface area contributed by atoms with Gasteiger partial charge >= 0.3 is 0 Å². The Hall–Kier alpha value is -3.88. The Morgan fingerprint density at radius 2 is 1.61 bits per heavy atom. The third-order valence-corrected chi connectivity index (χ3v) is 9.61. The molecule has 7 nitrogen and oxygen atoms in total. The number of carbonyl (C=O) groups excluding carboxylic acids is 1. The highest BCUT2D eigenvalue weighted by molar-refractivity contribution is 5.88. The number of halogens is 1. The summed E-state index contributed by atoms with van der Waals surface area (Å²) in [5.74, 6) is -0.796. The van der Waals surface area contributed by atoms with E-state index in [1.54, 1.807) is 23.2 Å². The van der Waals surface area contributed by atoms with Crippen LogP contribution in [0.25, 0.3) is 0 Å². The van der Waals surface area contributed by atoms with E-state index < -0.39 is 5.83 Å². The molecule has 1 aliphatic carbocycles. The number of likely N-dealkylation sites (tertiary alicyclic amines) is 1. The molecule has 0 radical (unpaired) electrons. The van der Waals surface area contributed by atoms with Crippen LogP contribution >= 0.6 is 0 Å². The number of hydrogen-bond donors (Lipinski definition) is 5. The number of phenols is 2. The second-order valence-corrected chi connectivity index (χ2v) is 14.4. The molecule has 3 rings (SSSR count). The largest absolute Gasteiger partial charge is 0.508 e. The molecule has 2 aliphatic rings. The van der Waals surface area contributed by atoms with Gasteiger partial charge in [-0.25, -0.2) is 4.39 Å². The fourth-order valence-corrected chi connectivity index (χ4v) is 6.61. The van der Waals surface area contributed by atoms with Gasteiger partial charge in [0.1, 0.15) is 17.3 Å². The maximum Gasteiger partial charge on any atom is 0.232 e. The minimum absolute atomic E-state index is 0.0183. The van der Waals surface area contributed by atoms with Crippen LogP contribution in [0.3, 0.4) is 0 Å². The van der Waals surface area contributed by atoms with Crippen molar-refractivity contribution in [2.24, 2.45) is 5.92 Å². The number of hydrogen-bond acceptors (Lipinski definition) is 6. The lowest BCUT2D eigenvalue weighted by Gasteiger charge is -2.46. The first-order valence-corrected chi connectivity index (χ1v) is 21.5. The predicted octanol–water partition coefficient (Wildman–Crippen LogP) is 12.3. The van der Waals surface area contributed by atoms with Crippen molar-refractivity contribution in [3.05, 3.63) is 107 Å². The van der Waals surface area contributed by atoms with E-state index in [0.717, 1.165) is 30.7 Å². The molecule has 1 aromatic carbocycles. The summed E-state index contributed by atoms with van der Waals surface area (Å²) in [5, 5.41) is 36.7. The Morgan fingerprint density at radius 3 is 2.18 bits per heavy atom. The number of phenolic OH excluding ortho intramolecular Hbond substituents is 2. The fourth-order valence-electron chi connectivity index (χ4n) is 6.61. The van der Waals surface area contributed by atoms with Crippen molar-refractivity contribution >= 4 is 5.91 Å². The molecule has 0 spiro atoms. The summed E-state index contributed by atoms with van der Waals surface area (Å²) in [5.41, 5.74) is 5.51. The Kier molecular flexibility index (Phi) is 28.0. The molecule has 1 saturated carbocycles. The molecule has 0 aromatic heterocycles. The van der Waals surface area contributed by atoms with E-state index in [-0.39, 0.29) is 36.0 Å². The first kappa shape index (κ1) is 50.1. The Labute approximate surface area is 340 Å². The van der Waals surface area contributed by atoms with Gasteiger partial charge in [-0.2, -0.15) is 0 Å². The molecule has 1 heterocycles. The zero-order chi connectivity index (χ0) is 41.6. The van der Waals surface area contributed by atoms with Gasteiger partial charge in [0, 0.05) is 35.8 Å². The van der Waals surface area contributed by atoms with Gasteiger partial charge in [-0.15, -0.1) is 0 Å². The number of aliphatic hydroxyl groups excluding tert-OH is 1. The molecule has 5 N–H and O–H groups in total. The molecule has 1 aromatic rings. The number of β-lactam (4-membered cyclic amide) rings is 1. The van der Waals surface area contributed by atoms with Crippen molar-refractivity contribution in [3.63, 3.8) is 0 Å². The average Bonchev–Trinajstić information content (AvgIpc) is 4.03. The molecule has 1 aliphatic heterocycles. The first-order valence-electron chi connectivity index (χ1n) is 21.5. The number of amides is 1. The van der Waals surface area contributed by atoms with Crippen molar-refractivity contribution in [3.8, 4) is 11.5 Å². The summed E-state index contributed by atoms with van der Waals surface area (Å²) in [6, 6.07) is 4.16. The molecule has 0 bridgehead atoms. The van der Waals surface area contributed by atoms with Gasteiger partial charge in [-0.3, -0.25) is 4.79 Å². The van der Waals surface area contributed by atoms with Gasteiger partial charge in [0.2, 0.25) is 5.91 Å². The molecule has 2 atom stereocenters. The van der Waals surface area contributed by atoms with E-state index in [0.29, 0.717) is 18.4 Å². The van der Waals surface area contributed by atoms with Gasteiger partial charge in [0.05, 0.1) is 12.0 Å². The molecule has 314 valence electrons. The number of nitrogens with zero attached hydrogens (tertiary/aromatic N) is 1. The zero-order valence-corrected chi connectivity index (χ0v) is 35.7. The van der Waals surface area contributed by atoms with Gasteiger partial charge in [0.25, 0.3) is 0 Å². The molecular weight excluding hydrogens is 702 g/mol. The van der Waals surface area contributed by atoms with Crippen molar-refractivity contribution < 1.29 is 24.5 Å². The van der Waals surface area contributed by atoms with Crippen LogP contribution in [-0.2, 0) is 4.79 Å². The number of benzene rings is 1. The van der Waals surface area contributed by atoms with Crippen LogP contribution in [0.2, 0.25) is 0 Å². The van der Waals surface area contributed by atoms with Crippen LogP contribution in [0.5, 0.6) is 11.5 Å². The molecule has 8 heteroatoms. The molecule has 1 saturated heterocycles. The normalized spacial score (nSPS) is 16.8. The lowest BCUT2D eigenvalue weighted by Crippen LogP contribution is -2.51. The molecular formula is C48H76FN3O4. The summed E-state index contributed by atoms with van der Waals surface area (Å²) in [6.07, 6.45) is 33.3. The number of aliphatic hydroxyl groups is 1. The van der Waals surface area contributed by atoms with Gasteiger partial charge in [-0.1, -0.05) is 109 Å². The molecule has 1 amide bonds. The highest BCUT2D eigenvalue weighted by Crippen LogP contribution is 2.46. The van der Waals surface area contributed by atoms with Gasteiger partial charge in [-0.05, 0) is 121 Å². The van der Waals surface area contributed by atoms with Crippen molar-refractivity contribution in [2.75, 3.05) is 19.7 Å². The Bertz CT molecular complexity index is 1450. The van der Waals surface area contributed by atoms with Gasteiger partial charge in [0.15, 0.2) is 0 Å². The zero-order valence-electron chi connectivity index (χ0n) is 35.7. The SMILES string of the molecule is C=C(F)/C=C\C(C)=CCC.CC.C\C=C/C(=C\C=C\N1C(=O)C(CCCO)C1c1ccc(O)cc1O)NC(CCCCCCCCCCCNCCC)=C1CC1. The van der Waals surface area contributed by atoms with E-state index in [1.807, 2.05) is 58.9 Å². The topological polar surface area (TPSA) is 105 Å². The van der Waals surface area contributed by atoms with Crippen LogP contribution in [0, 0.1) is 5.92 Å². The molecule has 56 heavy (non-hydrogen) atoms. The maximum absolute atomic E-state index is 13.0. The van der Waals surface area contributed by atoms with E-state index in [4.69, 9.17) is 0 Å². The second kappa shape index (κ2) is 31.2. The summed E-state index contributed by atoms with van der Waals surface area (Å²) >= 11 is 0. The van der Waals surface area contributed by atoms with E-state index in [2.05, 4.69) is 30.2 Å². The third kappa shape index (κ3) is 20.9. The summed E-state index contributed by atoms with van der Waals surface area (Å²) in [7, 11) is 0. The number of nitrogens with one attached hydrogen (secondary N) is 2. The number of aromatic hydroxyl groups is 2. The Morgan fingerprint density at radius 1 is 0.946 bits per heavy atom. The monoisotopic (exact) mass is 778 g/mol. The number of unbranched alkanes of at least 4 members (excludes halogenated alkanes) is 8. The lowest BCUT2D eigenvalue weighted by atomic mass is 9.79. The minimum Gasteiger partial charge on any atom is -0.508 e. The maximum atomic E-state index is 13.0. The second-order valence-electron chi connectivity index (χ2n) is 14.4. The predicted molar refractivity (Wildman–Crippen MR) is 235 cm³/mol. The third-order valence-electron chi connectivity index (χ3n) is 9.61. The van der Waals surface area contributed by atoms with E-state index in [9.17, 15) is 24.5 Å². The lowest BCUT2D eigenvalue weighted by molar-refractivity contribution is -0.152. The fraction of sp³-hybridized carbons (Fsp3) is 0.562. The minimum atomic E-state index is -0.399. The highest BCUT2D eigenvalue weighted by Gasteiger charge is 2.47. The van der Waals surface area contributed by atoms with E-state index in [1.165, 1.54) is 113 Å². The van der Waals surface area contributed by atoms with Crippen LogP contribution in [0.15, 0.2) is 102 Å². The number of carbonyl (C=O) groups is 1. The number of allylic oxidation sites excluding steroid dienone is 11. The quantitative estimate of drug-likeness (QED) is 0.0364. The number of rotatable bonds is 26. The summed E-state index contributed by atoms with van der Waals surface area (Å²) in [6.45, 7) is 17.6. The Balaban J connectivity index is 0.00000113. The van der Waals surface area contributed by atoms with Crippen LogP contribution < -0.4 is 10.6 Å².